The second-order valence-electron chi connectivity index (χ2n) is 11.7. The lowest BCUT2D eigenvalue weighted by molar-refractivity contribution is 0.0746. The molecular formula is C30H38N4O2S. The van der Waals surface area contributed by atoms with Gasteiger partial charge in [-0.3, -0.25) is 4.79 Å². The summed E-state index contributed by atoms with van der Waals surface area (Å²) >= 11 is 1.57. The molecule has 37 heavy (non-hydrogen) atoms. The van der Waals surface area contributed by atoms with Crippen molar-refractivity contribution in [1.29, 1.82) is 0 Å². The molecule has 6 nitrogen and oxygen atoms in total. The number of amidine groups is 1. The number of nitrogens with zero attached hydrogens (tertiary/aromatic N) is 3. The van der Waals surface area contributed by atoms with Gasteiger partial charge in [0.15, 0.2) is 0 Å². The summed E-state index contributed by atoms with van der Waals surface area (Å²) in [6.07, 6.45) is 0. The Morgan fingerprint density at radius 3 is 1.97 bits per heavy atom. The van der Waals surface area contributed by atoms with Crippen molar-refractivity contribution in [2.75, 3.05) is 31.1 Å². The molecule has 2 aromatic carbocycles. The molecule has 1 aliphatic heterocycles. The van der Waals surface area contributed by atoms with Crippen LogP contribution in [0.2, 0.25) is 0 Å². The Hall–Kier alpha value is -3.32. The Morgan fingerprint density at radius 2 is 1.49 bits per heavy atom. The Morgan fingerprint density at radius 1 is 0.919 bits per heavy atom. The van der Waals surface area contributed by atoms with Crippen molar-refractivity contribution in [3.05, 3.63) is 75.5 Å². The smallest absolute Gasteiger partial charge is 0.253 e. The molecule has 1 saturated heterocycles. The standard InChI is InChI=1S/C30H38N4O2S/c1-29(2,3)23-18-20(19-24(26(23)35)30(4,5)6)28(36)34-15-13-33(14-16-34)22-11-9-21(10-12-22)32-27(31)25-8-7-17-37-25/h7-12,17-19,35H,13-16H2,1-6H3,(H2,31,32). The highest BCUT2D eigenvalue weighted by Gasteiger charge is 2.30. The molecule has 1 aromatic heterocycles. The van der Waals surface area contributed by atoms with Gasteiger partial charge in [0.1, 0.15) is 11.6 Å². The number of phenolic OH excluding ortho intramolecular Hbond substituents is 1. The van der Waals surface area contributed by atoms with Gasteiger partial charge in [-0.1, -0.05) is 47.6 Å². The number of carbonyl (C=O) groups is 1. The number of amides is 1. The van der Waals surface area contributed by atoms with Gasteiger partial charge in [0.25, 0.3) is 5.91 Å². The number of nitrogens with two attached hydrogens (primary N) is 1. The van der Waals surface area contributed by atoms with Crippen LogP contribution in [0.25, 0.3) is 0 Å². The Bertz CT molecular complexity index is 1240. The highest BCUT2D eigenvalue weighted by Crippen LogP contribution is 2.40. The predicted molar refractivity (Wildman–Crippen MR) is 155 cm³/mol. The van der Waals surface area contributed by atoms with Gasteiger partial charge >= 0.3 is 0 Å². The van der Waals surface area contributed by atoms with E-state index in [0.29, 0.717) is 30.2 Å². The van der Waals surface area contributed by atoms with Gasteiger partial charge in [-0.2, -0.15) is 0 Å². The number of aromatic hydroxyl groups is 1. The van der Waals surface area contributed by atoms with E-state index in [2.05, 4.69) is 63.6 Å². The number of anilines is 1. The largest absolute Gasteiger partial charge is 0.507 e. The number of hydrogen-bond donors (Lipinski definition) is 2. The van der Waals surface area contributed by atoms with Crippen LogP contribution in [0.4, 0.5) is 11.4 Å². The third-order valence-corrected chi connectivity index (χ3v) is 7.67. The molecule has 0 atom stereocenters. The number of rotatable bonds is 4. The molecule has 7 heteroatoms. The highest BCUT2D eigenvalue weighted by atomic mass is 32.1. The molecular weight excluding hydrogens is 480 g/mol. The fourth-order valence-electron chi connectivity index (χ4n) is 4.61. The molecule has 0 aliphatic carbocycles. The molecule has 1 fully saturated rings. The molecule has 0 saturated carbocycles. The molecule has 0 spiro atoms. The maximum Gasteiger partial charge on any atom is 0.253 e. The lowest BCUT2D eigenvalue weighted by atomic mass is 9.78. The first-order chi connectivity index (χ1) is 17.3. The number of piperazine rings is 1. The summed E-state index contributed by atoms with van der Waals surface area (Å²) in [7, 11) is 0. The van der Waals surface area contributed by atoms with Crippen LogP contribution in [0.5, 0.6) is 5.75 Å². The van der Waals surface area contributed by atoms with Gasteiger partial charge in [0.2, 0.25) is 0 Å². The van der Waals surface area contributed by atoms with Crippen LogP contribution in [0.3, 0.4) is 0 Å². The summed E-state index contributed by atoms with van der Waals surface area (Å²) in [5.74, 6) is 0.837. The van der Waals surface area contributed by atoms with Crippen LogP contribution in [0.1, 0.15) is 67.9 Å². The molecule has 0 unspecified atom stereocenters. The second-order valence-corrected chi connectivity index (χ2v) is 12.6. The lowest BCUT2D eigenvalue weighted by Gasteiger charge is -2.36. The van der Waals surface area contributed by atoms with Crippen molar-refractivity contribution in [3.8, 4) is 5.75 Å². The minimum Gasteiger partial charge on any atom is -0.507 e. The molecule has 0 radical (unpaired) electrons. The minimum absolute atomic E-state index is 0.0180. The normalized spacial score (nSPS) is 15.2. The van der Waals surface area contributed by atoms with Gasteiger partial charge in [-0.25, -0.2) is 4.99 Å². The number of aliphatic imine (C=N–C) groups is 1. The molecule has 0 bridgehead atoms. The summed E-state index contributed by atoms with van der Waals surface area (Å²) in [4.78, 5) is 23.3. The van der Waals surface area contributed by atoms with Crippen molar-refractivity contribution < 1.29 is 9.90 Å². The fraction of sp³-hybridized carbons (Fsp3) is 0.400. The first-order valence-electron chi connectivity index (χ1n) is 12.7. The van der Waals surface area contributed by atoms with Crippen LogP contribution in [-0.4, -0.2) is 47.9 Å². The van der Waals surface area contributed by atoms with Gasteiger partial charge in [-0.15, -0.1) is 11.3 Å². The molecule has 3 N–H and O–H groups in total. The van der Waals surface area contributed by atoms with Crippen molar-refractivity contribution in [3.63, 3.8) is 0 Å². The fourth-order valence-corrected chi connectivity index (χ4v) is 5.24. The monoisotopic (exact) mass is 518 g/mol. The van der Waals surface area contributed by atoms with E-state index < -0.39 is 0 Å². The Kier molecular flexibility index (Phi) is 7.38. The van der Waals surface area contributed by atoms with E-state index in [1.807, 2.05) is 46.7 Å². The van der Waals surface area contributed by atoms with E-state index >= 15 is 0 Å². The predicted octanol–water partition coefficient (Wildman–Crippen LogP) is 6.05. The average Bonchev–Trinajstić information content (AvgIpc) is 3.38. The van der Waals surface area contributed by atoms with E-state index in [4.69, 9.17) is 5.73 Å². The summed E-state index contributed by atoms with van der Waals surface area (Å²) in [6, 6.07) is 15.8. The third-order valence-electron chi connectivity index (χ3n) is 6.78. The van der Waals surface area contributed by atoms with E-state index in [-0.39, 0.29) is 16.7 Å². The van der Waals surface area contributed by atoms with Crippen molar-refractivity contribution in [2.24, 2.45) is 10.7 Å². The van der Waals surface area contributed by atoms with Crippen molar-refractivity contribution in [1.82, 2.24) is 4.90 Å². The Labute approximate surface area is 224 Å². The van der Waals surface area contributed by atoms with E-state index in [0.717, 1.165) is 40.5 Å². The summed E-state index contributed by atoms with van der Waals surface area (Å²) in [6.45, 7) is 15.2. The zero-order valence-electron chi connectivity index (χ0n) is 22.7. The Balaban J connectivity index is 1.46. The second kappa shape index (κ2) is 10.2. The van der Waals surface area contributed by atoms with Crippen LogP contribution in [0, 0.1) is 0 Å². The maximum absolute atomic E-state index is 13.6. The maximum atomic E-state index is 13.6. The molecule has 196 valence electrons. The zero-order chi connectivity index (χ0) is 27.0. The molecule has 2 heterocycles. The van der Waals surface area contributed by atoms with Gasteiger partial charge in [-0.05, 0) is 58.7 Å². The third kappa shape index (κ3) is 5.99. The van der Waals surface area contributed by atoms with Gasteiger partial charge in [0, 0.05) is 48.6 Å². The van der Waals surface area contributed by atoms with Gasteiger partial charge in [0.05, 0.1) is 10.6 Å². The van der Waals surface area contributed by atoms with E-state index in [1.165, 1.54) is 0 Å². The quantitative estimate of drug-likeness (QED) is 0.325. The zero-order valence-corrected chi connectivity index (χ0v) is 23.5. The number of benzene rings is 2. The first kappa shape index (κ1) is 26.7. The van der Waals surface area contributed by atoms with Crippen LogP contribution < -0.4 is 10.6 Å². The van der Waals surface area contributed by atoms with Crippen LogP contribution in [-0.2, 0) is 10.8 Å². The number of phenols is 1. The van der Waals surface area contributed by atoms with Crippen molar-refractivity contribution >= 4 is 34.5 Å². The minimum atomic E-state index is -0.274. The van der Waals surface area contributed by atoms with Crippen molar-refractivity contribution in [2.45, 2.75) is 52.4 Å². The molecule has 1 amide bonds. The number of carbonyl (C=O) groups excluding carboxylic acids is 1. The lowest BCUT2D eigenvalue weighted by Crippen LogP contribution is -2.48. The molecule has 1 aliphatic rings. The molecule has 3 aromatic rings. The molecule has 4 rings (SSSR count). The van der Waals surface area contributed by atoms with Crippen LogP contribution in [0.15, 0.2) is 58.9 Å². The number of hydrogen-bond acceptors (Lipinski definition) is 5. The average molecular weight is 519 g/mol. The highest BCUT2D eigenvalue weighted by molar-refractivity contribution is 7.12. The topological polar surface area (TPSA) is 82.2 Å². The first-order valence-corrected chi connectivity index (χ1v) is 13.6. The van der Waals surface area contributed by atoms with Crippen LogP contribution >= 0.6 is 11.3 Å². The van der Waals surface area contributed by atoms with Gasteiger partial charge < -0.3 is 20.6 Å². The van der Waals surface area contributed by atoms with E-state index in [9.17, 15) is 9.90 Å². The number of thiophene rings is 1. The van der Waals surface area contributed by atoms with E-state index in [1.54, 1.807) is 11.3 Å². The summed E-state index contributed by atoms with van der Waals surface area (Å²) in [5.41, 5.74) is 9.76. The summed E-state index contributed by atoms with van der Waals surface area (Å²) in [5, 5.41) is 13.0. The SMILES string of the molecule is CC(C)(C)c1cc(C(=O)N2CCN(c3ccc(N=C(N)c4cccs4)cc3)CC2)cc(C(C)(C)C)c1O. The summed E-state index contributed by atoms with van der Waals surface area (Å²) < 4.78 is 0.